The number of ether oxygens (including phenoxy) is 2. The lowest BCUT2D eigenvalue weighted by atomic mass is 9.96. The van der Waals surface area contributed by atoms with Gasteiger partial charge in [0.1, 0.15) is 11.4 Å². The topological polar surface area (TPSA) is 144 Å². The van der Waals surface area contributed by atoms with Crippen LogP contribution in [0.3, 0.4) is 0 Å². The maximum atomic E-state index is 15.0. The first kappa shape index (κ1) is 41.2. The van der Waals surface area contributed by atoms with Crippen molar-refractivity contribution in [2.45, 2.75) is 45.6 Å². The number of piperazine rings is 2. The molecule has 0 bridgehead atoms. The Kier molecular flexibility index (Phi) is 14.1. The molecule has 2 aromatic carbocycles. The summed E-state index contributed by atoms with van der Waals surface area (Å²) >= 11 is 0. The molecule has 4 heterocycles. The Labute approximate surface area is 328 Å². The molecule has 1 aromatic heterocycles. The van der Waals surface area contributed by atoms with Gasteiger partial charge in [-0.25, -0.2) is 14.3 Å². The highest BCUT2D eigenvalue weighted by Gasteiger charge is 2.29. The van der Waals surface area contributed by atoms with Crippen LogP contribution in [0.2, 0.25) is 0 Å². The maximum absolute atomic E-state index is 15.0. The molecular weight excluding hydrogens is 719 g/mol. The quantitative estimate of drug-likeness (QED) is 0.249. The number of halogens is 1. The van der Waals surface area contributed by atoms with Crippen molar-refractivity contribution in [1.82, 2.24) is 40.0 Å². The van der Waals surface area contributed by atoms with Crippen LogP contribution in [-0.2, 0) is 20.7 Å². The summed E-state index contributed by atoms with van der Waals surface area (Å²) in [6.45, 7) is 16.8. The van der Waals surface area contributed by atoms with Gasteiger partial charge in [-0.3, -0.25) is 24.2 Å². The van der Waals surface area contributed by atoms with Gasteiger partial charge < -0.3 is 29.5 Å². The molecule has 3 aliphatic heterocycles. The first-order valence-electron chi connectivity index (χ1n) is 20.0. The molecule has 0 spiro atoms. The summed E-state index contributed by atoms with van der Waals surface area (Å²) < 4.78 is 25.9. The molecule has 14 nitrogen and oxygen atoms in total. The second-order valence-corrected chi connectivity index (χ2v) is 16.1. The fourth-order valence-corrected chi connectivity index (χ4v) is 7.69. The predicted molar refractivity (Wildman–Crippen MR) is 211 cm³/mol. The van der Waals surface area contributed by atoms with Crippen LogP contribution in [0.1, 0.15) is 55.2 Å². The molecule has 56 heavy (non-hydrogen) atoms. The monoisotopic (exact) mass is 776 g/mol. The summed E-state index contributed by atoms with van der Waals surface area (Å²) in [5.74, 6) is -0.292. The number of amides is 3. The van der Waals surface area contributed by atoms with E-state index in [0.717, 1.165) is 65.2 Å². The zero-order valence-electron chi connectivity index (χ0n) is 33.1. The van der Waals surface area contributed by atoms with Crippen molar-refractivity contribution in [1.29, 1.82) is 0 Å². The van der Waals surface area contributed by atoms with Crippen molar-refractivity contribution in [3.05, 3.63) is 75.5 Å². The van der Waals surface area contributed by atoms with Gasteiger partial charge in [-0.1, -0.05) is 24.3 Å². The summed E-state index contributed by atoms with van der Waals surface area (Å²) in [5.41, 5.74) is 0.556. The van der Waals surface area contributed by atoms with Gasteiger partial charge in [-0.2, -0.15) is 5.10 Å². The summed E-state index contributed by atoms with van der Waals surface area (Å²) in [5, 5.41) is 10.7. The standard InChI is InChI=1S/C41H57FN8O6/c1-41(2,3)56-40(54)43-12-24-55-25-23-46-15-17-48(18-16-46)28-30-10-13-47(14-11-30)29-37(51)49-19-21-50(22-20-49)39(53)34-26-31(8-9-35(34)42)27-36-32-6-4-5-7-33(32)38(52)45-44-36/h4-9,26,30H,10-25,27-29H2,1-3H3,(H,43,54)(H,45,52). The zero-order valence-corrected chi connectivity index (χ0v) is 33.1. The predicted octanol–water partition coefficient (Wildman–Crippen LogP) is 2.81. The second kappa shape index (κ2) is 19.1. The normalized spacial score (nSPS) is 18.0. The number of hydrogen-bond donors (Lipinski definition) is 2. The number of fused-ring (bicyclic) bond motifs is 1. The van der Waals surface area contributed by atoms with E-state index in [2.05, 4.69) is 30.2 Å². The van der Waals surface area contributed by atoms with Gasteiger partial charge in [0.15, 0.2) is 0 Å². The number of aromatic amines is 1. The summed E-state index contributed by atoms with van der Waals surface area (Å²) in [6.07, 6.45) is 2.04. The number of nitrogens with zero attached hydrogens (tertiary/aromatic N) is 6. The molecule has 3 saturated heterocycles. The Bertz CT molecular complexity index is 1860. The Morgan fingerprint density at radius 3 is 2.25 bits per heavy atom. The molecule has 2 N–H and O–H groups in total. The van der Waals surface area contributed by atoms with Crippen LogP contribution < -0.4 is 10.9 Å². The molecule has 0 unspecified atom stereocenters. The van der Waals surface area contributed by atoms with E-state index in [0.29, 0.717) is 86.9 Å². The van der Waals surface area contributed by atoms with Gasteiger partial charge in [0, 0.05) is 83.8 Å². The Balaban J connectivity index is 0.855. The highest BCUT2D eigenvalue weighted by Crippen LogP contribution is 2.22. The molecule has 0 aliphatic carbocycles. The average molecular weight is 777 g/mol. The number of carbonyl (C=O) groups excluding carboxylic acids is 3. The van der Waals surface area contributed by atoms with Crippen LogP contribution in [-0.4, -0.2) is 163 Å². The summed E-state index contributed by atoms with van der Waals surface area (Å²) in [6, 6.07) is 11.7. The number of nitrogens with one attached hydrogen (secondary N) is 2. The van der Waals surface area contributed by atoms with Crippen LogP contribution >= 0.6 is 0 Å². The molecule has 3 fully saturated rings. The van der Waals surface area contributed by atoms with Crippen molar-refractivity contribution < 1.29 is 28.2 Å². The third kappa shape index (κ3) is 11.6. The van der Waals surface area contributed by atoms with Gasteiger partial charge in [0.25, 0.3) is 11.5 Å². The molecule has 0 saturated carbocycles. The molecule has 3 aliphatic rings. The van der Waals surface area contributed by atoms with Gasteiger partial charge >= 0.3 is 6.09 Å². The molecule has 15 heteroatoms. The minimum atomic E-state index is -0.591. The maximum Gasteiger partial charge on any atom is 0.407 e. The minimum absolute atomic E-state index is 0.00598. The van der Waals surface area contributed by atoms with E-state index < -0.39 is 23.4 Å². The molecule has 3 amide bonds. The Morgan fingerprint density at radius 1 is 0.857 bits per heavy atom. The number of piperidine rings is 1. The molecular formula is C41H57FN8O6. The van der Waals surface area contributed by atoms with E-state index in [-0.39, 0.29) is 17.0 Å². The van der Waals surface area contributed by atoms with Gasteiger partial charge in [-0.15, -0.1) is 0 Å². The molecule has 3 aromatic rings. The van der Waals surface area contributed by atoms with Crippen LogP contribution in [0.25, 0.3) is 10.8 Å². The molecule has 0 radical (unpaired) electrons. The van der Waals surface area contributed by atoms with Crippen molar-refractivity contribution in [3.8, 4) is 0 Å². The van der Waals surface area contributed by atoms with E-state index >= 15 is 0 Å². The zero-order chi connectivity index (χ0) is 39.7. The number of aromatic nitrogens is 2. The first-order valence-corrected chi connectivity index (χ1v) is 20.0. The fraction of sp³-hybridized carbons (Fsp3) is 0.585. The molecule has 0 atom stereocenters. The van der Waals surface area contributed by atoms with E-state index in [9.17, 15) is 23.6 Å². The summed E-state index contributed by atoms with van der Waals surface area (Å²) in [4.78, 5) is 61.3. The smallest absolute Gasteiger partial charge is 0.407 e. The molecule has 6 rings (SSSR count). The van der Waals surface area contributed by atoms with Crippen molar-refractivity contribution in [2.24, 2.45) is 5.92 Å². The number of carbonyl (C=O) groups is 3. The lowest BCUT2D eigenvalue weighted by Crippen LogP contribution is -2.53. The van der Waals surface area contributed by atoms with Crippen LogP contribution in [0.4, 0.5) is 9.18 Å². The van der Waals surface area contributed by atoms with Crippen LogP contribution in [0.5, 0.6) is 0 Å². The number of hydrogen-bond acceptors (Lipinski definition) is 10. The van der Waals surface area contributed by atoms with Crippen LogP contribution in [0.15, 0.2) is 47.3 Å². The molecule has 304 valence electrons. The number of benzene rings is 2. The Morgan fingerprint density at radius 2 is 1.54 bits per heavy atom. The lowest BCUT2D eigenvalue weighted by molar-refractivity contribution is -0.134. The van der Waals surface area contributed by atoms with E-state index in [1.54, 1.807) is 29.2 Å². The third-order valence-electron chi connectivity index (χ3n) is 10.8. The number of likely N-dealkylation sites (tertiary alicyclic amines) is 1. The van der Waals surface area contributed by atoms with Crippen molar-refractivity contribution in [2.75, 3.05) is 105 Å². The van der Waals surface area contributed by atoms with Crippen molar-refractivity contribution in [3.63, 3.8) is 0 Å². The first-order chi connectivity index (χ1) is 26.9. The van der Waals surface area contributed by atoms with Crippen molar-refractivity contribution >= 4 is 28.7 Å². The SMILES string of the molecule is CC(C)(C)OC(=O)NCCOCCN1CCN(CC2CCN(CC(=O)N3CCN(C(=O)c4cc(Cc5n[nH]c(=O)c6ccccc56)ccc4F)CC3)CC2)CC1. The third-order valence-corrected chi connectivity index (χ3v) is 10.8. The van der Waals surface area contributed by atoms with E-state index in [1.165, 1.54) is 6.07 Å². The van der Waals surface area contributed by atoms with Crippen LogP contribution in [0, 0.1) is 11.7 Å². The number of H-pyrrole nitrogens is 1. The van der Waals surface area contributed by atoms with E-state index in [4.69, 9.17) is 9.47 Å². The highest BCUT2D eigenvalue weighted by atomic mass is 19.1. The second-order valence-electron chi connectivity index (χ2n) is 16.1. The number of alkyl carbamates (subject to hydrolysis) is 1. The van der Waals surface area contributed by atoms with Gasteiger partial charge in [-0.05, 0) is 76.4 Å². The minimum Gasteiger partial charge on any atom is -0.444 e. The van der Waals surface area contributed by atoms with Gasteiger partial charge in [0.05, 0.1) is 36.4 Å². The lowest BCUT2D eigenvalue weighted by Gasteiger charge is -2.39. The summed E-state index contributed by atoms with van der Waals surface area (Å²) in [7, 11) is 0. The van der Waals surface area contributed by atoms with E-state index in [1.807, 2.05) is 37.8 Å². The average Bonchev–Trinajstić information content (AvgIpc) is 3.18. The Hall–Kier alpha value is -4.44. The number of rotatable bonds is 13. The largest absolute Gasteiger partial charge is 0.444 e. The fourth-order valence-electron chi connectivity index (χ4n) is 7.69. The van der Waals surface area contributed by atoms with Gasteiger partial charge in [0.2, 0.25) is 5.91 Å². The highest BCUT2D eigenvalue weighted by molar-refractivity contribution is 5.95.